The van der Waals surface area contributed by atoms with Crippen molar-refractivity contribution in [3.05, 3.63) is 41.5 Å². The first-order valence-electron chi connectivity index (χ1n) is 6.24. The molecule has 0 radical (unpaired) electrons. The number of ether oxygens (including phenoxy) is 1. The van der Waals surface area contributed by atoms with E-state index in [4.69, 9.17) is 4.74 Å². The van der Waals surface area contributed by atoms with Crippen molar-refractivity contribution in [3.63, 3.8) is 0 Å². The monoisotopic (exact) mass is 261 g/mol. The van der Waals surface area contributed by atoms with E-state index in [1.54, 1.807) is 11.8 Å². The molecule has 1 N–H and O–H groups in total. The fourth-order valence-electron chi connectivity index (χ4n) is 2.14. The molecule has 0 aliphatic carbocycles. The van der Waals surface area contributed by atoms with Gasteiger partial charge in [-0.15, -0.1) is 0 Å². The highest BCUT2D eigenvalue weighted by molar-refractivity contribution is 5.28. The van der Waals surface area contributed by atoms with Crippen LogP contribution in [0.1, 0.15) is 36.3 Å². The summed E-state index contributed by atoms with van der Waals surface area (Å²) in [5.41, 5.74) is 0.834. The smallest absolute Gasteiger partial charge is 0.147 e. The van der Waals surface area contributed by atoms with Crippen molar-refractivity contribution in [3.8, 4) is 5.75 Å². The van der Waals surface area contributed by atoms with Gasteiger partial charge in [0, 0.05) is 0 Å². The maximum absolute atomic E-state index is 10.4. The molecule has 5 heteroatoms. The van der Waals surface area contributed by atoms with Gasteiger partial charge in [0.1, 0.15) is 23.5 Å². The van der Waals surface area contributed by atoms with E-state index < -0.39 is 6.10 Å². The molecule has 0 amide bonds. The van der Waals surface area contributed by atoms with Crippen LogP contribution >= 0.6 is 0 Å². The van der Waals surface area contributed by atoms with E-state index >= 15 is 0 Å². The van der Waals surface area contributed by atoms with Crippen molar-refractivity contribution in [1.82, 2.24) is 14.8 Å². The van der Waals surface area contributed by atoms with E-state index in [9.17, 15) is 5.11 Å². The number of hydrogen-bond acceptors (Lipinski definition) is 4. The van der Waals surface area contributed by atoms with Crippen LogP contribution in [0.2, 0.25) is 0 Å². The van der Waals surface area contributed by atoms with Crippen molar-refractivity contribution in [2.24, 2.45) is 0 Å². The number of aliphatic hydroxyl groups is 1. The van der Waals surface area contributed by atoms with Gasteiger partial charge in [0.2, 0.25) is 0 Å². The summed E-state index contributed by atoms with van der Waals surface area (Å²) in [6, 6.07) is 7.22. The highest BCUT2D eigenvalue weighted by atomic mass is 16.5. The van der Waals surface area contributed by atoms with E-state index in [1.165, 1.54) is 0 Å². The third kappa shape index (κ3) is 2.76. The van der Waals surface area contributed by atoms with Gasteiger partial charge in [-0.25, -0.2) is 9.67 Å². The normalized spacial score (nSPS) is 14.2. The van der Waals surface area contributed by atoms with Gasteiger partial charge in [-0.1, -0.05) is 12.1 Å². The molecular formula is C14H19N3O2. The van der Waals surface area contributed by atoms with Gasteiger partial charge < -0.3 is 9.84 Å². The minimum absolute atomic E-state index is 0.172. The standard InChI is InChI=1S/C14H19N3O2/c1-9(17-11(3)15-10(2)16-17)14(18)12-5-7-13(19-4)8-6-12/h5-9,14,18H,1-4H3. The Bertz CT molecular complexity index is 548. The molecule has 1 heterocycles. The summed E-state index contributed by atoms with van der Waals surface area (Å²) >= 11 is 0. The third-order valence-electron chi connectivity index (χ3n) is 3.21. The lowest BCUT2D eigenvalue weighted by Gasteiger charge is -2.20. The first-order valence-corrected chi connectivity index (χ1v) is 6.24. The first-order chi connectivity index (χ1) is 9.02. The van der Waals surface area contributed by atoms with Crippen LogP contribution in [-0.2, 0) is 0 Å². The van der Waals surface area contributed by atoms with E-state index in [0.29, 0.717) is 5.82 Å². The van der Waals surface area contributed by atoms with E-state index in [2.05, 4.69) is 10.1 Å². The summed E-state index contributed by atoms with van der Waals surface area (Å²) in [4.78, 5) is 4.26. The lowest BCUT2D eigenvalue weighted by molar-refractivity contribution is 0.114. The Morgan fingerprint density at radius 2 is 1.84 bits per heavy atom. The maximum Gasteiger partial charge on any atom is 0.147 e. The number of aromatic nitrogens is 3. The highest BCUT2D eigenvalue weighted by Crippen LogP contribution is 2.27. The average molecular weight is 261 g/mol. The van der Waals surface area contributed by atoms with Crippen LogP contribution < -0.4 is 4.74 Å². The summed E-state index contributed by atoms with van der Waals surface area (Å²) in [6.07, 6.45) is -0.634. The SMILES string of the molecule is COc1ccc(C(O)C(C)n2nc(C)nc2C)cc1. The minimum atomic E-state index is -0.634. The Labute approximate surface area is 112 Å². The van der Waals surface area contributed by atoms with Gasteiger partial charge in [-0.2, -0.15) is 5.10 Å². The lowest BCUT2D eigenvalue weighted by Crippen LogP contribution is -2.17. The molecule has 2 unspecified atom stereocenters. The van der Waals surface area contributed by atoms with Crippen LogP contribution in [0.4, 0.5) is 0 Å². The van der Waals surface area contributed by atoms with E-state index in [-0.39, 0.29) is 6.04 Å². The van der Waals surface area contributed by atoms with Gasteiger partial charge >= 0.3 is 0 Å². The summed E-state index contributed by atoms with van der Waals surface area (Å²) in [5, 5.41) is 14.7. The largest absolute Gasteiger partial charge is 0.497 e. The lowest BCUT2D eigenvalue weighted by atomic mass is 10.0. The summed E-state index contributed by atoms with van der Waals surface area (Å²) in [7, 11) is 1.62. The van der Waals surface area contributed by atoms with Crippen molar-refractivity contribution < 1.29 is 9.84 Å². The molecule has 0 aliphatic heterocycles. The van der Waals surface area contributed by atoms with Crippen molar-refractivity contribution >= 4 is 0 Å². The summed E-state index contributed by atoms with van der Waals surface area (Å²) < 4.78 is 6.86. The van der Waals surface area contributed by atoms with Gasteiger partial charge in [0.05, 0.1) is 13.2 Å². The second-order valence-electron chi connectivity index (χ2n) is 4.61. The summed E-state index contributed by atoms with van der Waals surface area (Å²) in [6.45, 7) is 5.66. The van der Waals surface area contributed by atoms with Gasteiger partial charge in [-0.05, 0) is 38.5 Å². The third-order valence-corrected chi connectivity index (χ3v) is 3.21. The average Bonchev–Trinajstić information content (AvgIpc) is 2.76. The maximum atomic E-state index is 10.4. The van der Waals surface area contributed by atoms with Gasteiger partial charge in [0.25, 0.3) is 0 Å². The summed E-state index contributed by atoms with van der Waals surface area (Å²) in [5.74, 6) is 2.29. The molecule has 0 spiro atoms. The first kappa shape index (κ1) is 13.5. The Kier molecular flexibility index (Phi) is 3.85. The van der Waals surface area contributed by atoms with Crippen LogP contribution in [-0.4, -0.2) is 27.0 Å². The number of rotatable bonds is 4. The zero-order valence-corrected chi connectivity index (χ0v) is 11.7. The molecule has 1 aromatic carbocycles. The Morgan fingerprint density at radius 1 is 1.21 bits per heavy atom. The number of aliphatic hydroxyl groups excluding tert-OH is 1. The molecule has 0 saturated carbocycles. The van der Waals surface area contributed by atoms with Crippen molar-refractivity contribution in [1.29, 1.82) is 0 Å². The molecule has 19 heavy (non-hydrogen) atoms. The molecule has 1 aromatic heterocycles. The van der Waals surface area contributed by atoms with Crippen LogP contribution in [0.25, 0.3) is 0 Å². The molecule has 0 bridgehead atoms. The van der Waals surface area contributed by atoms with Crippen LogP contribution in [0.15, 0.2) is 24.3 Å². The zero-order valence-electron chi connectivity index (χ0n) is 11.7. The Morgan fingerprint density at radius 3 is 2.32 bits per heavy atom. The van der Waals surface area contributed by atoms with Gasteiger partial charge in [0.15, 0.2) is 0 Å². The Balaban J connectivity index is 2.22. The van der Waals surface area contributed by atoms with Crippen molar-refractivity contribution in [2.75, 3.05) is 7.11 Å². The quantitative estimate of drug-likeness (QED) is 0.916. The second-order valence-corrected chi connectivity index (χ2v) is 4.61. The zero-order chi connectivity index (χ0) is 14.0. The second kappa shape index (κ2) is 5.40. The fraction of sp³-hybridized carbons (Fsp3) is 0.429. The van der Waals surface area contributed by atoms with Crippen molar-refractivity contribution in [2.45, 2.75) is 32.9 Å². The van der Waals surface area contributed by atoms with Crippen LogP contribution in [0.5, 0.6) is 5.75 Å². The molecule has 5 nitrogen and oxygen atoms in total. The van der Waals surface area contributed by atoms with Crippen LogP contribution in [0.3, 0.4) is 0 Å². The predicted octanol–water partition coefficient (Wildman–Crippen LogP) is 2.20. The predicted molar refractivity (Wildman–Crippen MR) is 72.2 cm³/mol. The molecular weight excluding hydrogens is 242 g/mol. The highest BCUT2D eigenvalue weighted by Gasteiger charge is 2.21. The molecule has 0 aliphatic rings. The number of methoxy groups -OCH3 is 1. The number of nitrogens with zero attached hydrogens (tertiary/aromatic N) is 3. The molecule has 0 saturated heterocycles. The minimum Gasteiger partial charge on any atom is -0.497 e. The molecule has 2 aromatic rings. The fourth-order valence-corrected chi connectivity index (χ4v) is 2.14. The van der Waals surface area contributed by atoms with E-state index in [0.717, 1.165) is 17.1 Å². The number of aryl methyl sites for hydroxylation is 2. The molecule has 0 fully saturated rings. The van der Waals surface area contributed by atoms with Gasteiger partial charge in [-0.3, -0.25) is 0 Å². The molecule has 2 atom stereocenters. The number of hydrogen-bond donors (Lipinski definition) is 1. The number of benzene rings is 1. The van der Waals surface area contributed by atoms with E-state index in [1.807, 2.05) is 45.0 Å². The molecule has 102 valence electrons. The Hall–Kier alpha value is -1.88. The topological polar surface area (TPSA) is 60.2 Å². The van der Waals surface area contributed by atoms with Crippen LogP contribution in [0, 0.1) is 13.8 Å². The molecule has 2 rings (SSSR count).